The van der Waals surface area contributed by atoms with Gasteiger partial charge in [-0.3, -0.25) is 0 Å². The van der Waals surface area contributed by atoms with Crippen molar-refractivity contribution in [3.8, 4) is 0 Å². The van der Waals surface area contributed by atoms with Crippen LogP contribution in [0.3, 0.4) is 0 Å². The standard InChI is InChI=1S/C9H13F3N2O2S2/c1-13-6-7-2-3-8(17-7)18(15,16)14-5-4-9(10,11)12/h2-3,13-14H,4-6H2,1H3. The van der Waals surface area contributed by atoms with Gasteiger partial charge in [-0.25, -0.2) is 13.1 Å². The van der Waals surface area contributed by atoms with E-state index in [2.05, 4.69) is 5.32 Å². The summed E-state index contributed by atoms with van der Waals surface area (Å²) in [6.07, 6.45) is -5.55. The zero-order valence-electron chi connectivity index (χ0n) is 9.54. The maximum Gasteiger partial charge on any atom is 0.390 e. The fourth-order valence-corrected chi connectivity index (χ4v) is 3.61. The maximum atomic E-state index is 11.9. The fraction of sp³-hybridized carbons (Fsp3) is 0.556. The highest BCUT2D eigenvalue weighted by molar-refractivity contribution is 7.91. The van der Waals surface area contributed by atoms with Gasteiger partial charge in [-0.15, -0.1) is 11.3 Å². The van der Waals surface area contributed by atoms with E-state index in [-0.39, 0.29) is 4.21 Å². The van der Waals surface area contributed by atoms with Crippen LogP contribution in [0.1, 0.15) is 11.3 Å². The number of rotatable bonds is 6. The quantitative estimate of drug-likeness (QED) is 0.841. The molecule has 9 heteroatoms. The number of halogens is 3. The summed E-state index contributed by atoms with van der Waals surface area (Å²) in [5.41, 5.74) is 0. The monoisotopic (exact) mass is 302 g/mol. The van der Waals surface area contributed by atoms with E-state index in [0.29, 0.717) is 6.54 Å². The maximum absolute atomic E-state index is 11.9. The lowest BCUT2D eigenvalue weighted by Crippen LogP contribution is -2.27. The van der Waals surface area contributed by atoms with Crippen molar-refractivity contribution in [3.05, 3.63) is 17.0 Å². The second-order valence-corrected chi connectivity index (χ2v) is 6.68. The van der Waals surface area contributed by atoms with E-state index in [9.17, 15) is 21.6 Å². The second-order valence-electron chi connectivity index (χ2n) is 3.51. The highest BCUT2D eigenvalue weighted by Crippen LogP contribution is 2.22. The Morgan fingerprint density at radius 1 is 1.33 bits per heavy atom. The van der Waals surface area contributed by atoms with Crippen molar-refractivity contribution in [2.24, 2.45) is 0 Å². The molecule has 1 rings (SSSR count). The Bertz CT molecular complexity index is 482. The van der Waals surface area contributed by atoms with Crippen LogP contribution in [0.4, 0.5) is 13.2 Å². The van der Waals surface area contributed by atoms with Crippen molar-refractivity contribution in [1.82, 2.24) is 10.0 Å². The number of hydrogen-bond donors (Lipinski definition) is 2. The first kappa shape index (κ1) is 15.4. The summed E-state index contributed by atoms with van der Waals surface area (Å²) in [7, 11) is -2.12. The van der Waals surface area contributed by atoms with Gasteiger partial charge in [-0.05, 0) is 19.2 Å². The summed E-state index contributed by atoms with van der Waals surface area (Å²) in [6, 6.07) is 3.01. The summed E-state index contributed by atoms with van der Waals surface area (Å²) in [5, 5.41) is 2.86. The molecule has 0 amide bonds. The Hall–Kier alpha value is -0.640. The van der Waals surface area contributed by atoms with Crippen LogP contribution in [0.25, 0.3) is 0 Å². The Balaban J connectivity index is 2.62. The van der Waals surface area contributed by atoms with E-state index in [1.165, 1.54) is 6.07 Å². The number of thiophene rings is 1. The van der Waals surface area contributed by atoms with E-state index < -0.39 is 29.2 Å². The first-order valence-electron chi connectivity index (χ1n) is 5.04. The zero-order valence-corrected chi connectivity index (χ0v) is 11.2. The summed E-state index contributed by atoms with van der Waals surface area (Å²) in [4.78, 5) is 0.800. The minimum absolute atomic E-state index is 0.0231. The number of nitrogens with one attached hydrogen (secondary N) is 2. The lowest BCUT2D eigenvalue weighted by Gasteiger charge is -2.07. The molecule has 0 unspecified atom stereocenters. The minimum Gasteiger partial charge on any atom is -0.315 e. The molecule has 0 fully saturated rings. The summed E-state index contributed by atoms with van der Waals surface area (Å²) >= 11 is 1.03. The predicted octanol–water partition coefficient (Wildman–Crippen LogP) is 1.70. The molecule has 0 aromatic carbocycles. The molecule has 0 aliphatic heterocycles. The molecular weight excluding hydrogens is 289 g/mol. The molecule has 0 aliphatic rings. The van der Waals surface area contributed by atoms with Gasteiger partial charge in [-0.2, -0.15) is 13.2 Å². The molecule has 18 heavy (non-hydrogen) atoms. The Labute approximate surface area is 107 Å². The molecule has 104 valence electrons. The smallest absolute Gasteiger partial charge is 0.315 e. The lowest BCUT2D eigenvalue weighted by molar-refractivity contribution is -0.132. The first-order chi connectivity index (χ1) is 8.24. The van der Waals surface area contributed by atoms with Crippen LogP contribution in [-0.2, 0) is 16.6 Å². The van der Waals surface area contributed by atoms with Gasteiger partial charge < -0.3 is 5.32 Å². The number of hydrogen-bond acceptors (Lipinski definition) is 4. The van der Waals surface area contributed by atoms with Gasteiger partial charge in [0.05, 0.1) is 6.42 Å². The van der Waals surface area contributed by atoms with Gasteiger partial charge in [-0.1, -0.05) is 0 Å². The lowest BCUT2D eigenvalue weighted by atomic mass is 10.4. The van der Waals surface area contributed by atoms with Crippen LogP contribution in [0.2, 0.25) is 0 Å². The molecule has 0 bridgehead atoms. The van der Waals surface area contributed by atoms with Crippen LogP contribution in [0.5, 0.6) is 0 Å². The third-order valence-electron chi connectivity index (χ3n) is 1.95. The van der Waals surface area contributed by atoms with Crippen molar-refractivity contribution >= 4 is 21.4 Å². The average Bonchev–Trinajstić information content (AvgIpc) is 2.65. The Morgan fingerprint density at radius 3 is 2.56 bits per heavy atom. The molecule has 0 radical (unpaired) electrons. The van der Waals surface area contributed by atoms with Crippen molar-refractivity contribution in [1.29, 1.82) is 0 Å². The molecule has 1 heterocycles. The van der Waals surface area contributed by atoms with Crippen LogP contribution >= 0.6 is 11.3 Å². The van der Waals surface area contributed by atoms with Crippen molar-refractivity contribution < 1.29 is 21.6 Å². The van der Waals surface area contributed by atoms with Gasteiger partial charge >= 0.3 is 6.18 Å². The van der Waals surface area contributed by atoms with E-state index in [4.69, 9.17) is 0 Å². The largest absolute Gasteiger partial charge is 0.390 e. The van der Waals surface area contributed by atoms with Crippen LogP contribution in [0.15, 0.2) is 16.3 Å². The molecular formula is C9H13F3N2O2S2. The van der Waals surface area contributed by atoms with E-state index in [1.807, 2.05) is 4.72 Å². The average molecular weight is 302 g/mol. The van der Waals surface area contributed by atoms with E-state index >= 15 is 0 Å². The first-order valence-corrected chi connectivity index (χ1v) is 7.34. The molecule has 0 saturated carbocycles. The topological polar surface area (TPSA) is 58.2 Å². The van der Waals surface area contributed by atoms with Crippen molar-refractivity contribution in [2.45, 2.75) is 23.4 Å². The molecule has 0 spiro atoms. The second kappa shape index (κ2) is 6.00. The molecule has 2 N–H and O–H groups in total. The zero-order chi connectivity index (χ0) is 13.8. The van der Waals surface area contributed by atoms with Gasteiger partial charge in [0.1, 0.15) is 4.21 Å². The van der Waals surface area contributed by atoms with Crippen LogP contribution < -0.4 is 10.0 Å². The molecule has 0 saturated heterocycles. The Kier molecular flexibility index (Phi) is 5.14. The van der Waals surface area contributed by atoms with Gasteiger partial charge in [0.15, 0.2) is 0 Å². The summed E-state index contributed by atoms with van der Waals surface area (Å²) < 4.78 is 60.9. The fourth-order valence-electron chi connectivity index (χ4n) is 1.17. The van der Waals surface area contributed by atoms with Gasteiger partial charge in [0.25, 0.3) is 0 Å². The normalized spacial score (nSPS) is 12.9. The van der Waals surface area contributed by atoms with Crippen LogP contribution in [-0.4, -0.2) is 28.2 Å². The third kappa shape index (κ3) is 4.92. The highest BCUT2D eigenvalue weighted by atomic mass is 32.2. The third-order valence-corrected chi connectivity index (χ3v) is 4.99. The van der Waals surface area contributed by atoms with Crippen LogP contribution in [0, 0.1) is 0 Å². The predicted molar refractivity (Wildman–Crippen MR) is 62.9 cm³/mol. The summed E-state index contributed by atoms with van der Waals surface area (Å²) in [5.74, 6) is 0. The summed E-state index contributed by atoms with van der Waals surface area (Å²) in [6.45, 7) is -0.131. The Morgan fingerprint density at radius 2 is 2.00 bits per heavy atom. The molecule has 4 nitrogen and oxygen atoms in total. The number of alkyl halides is 3. The molecule has 1 aromatic rings. The molecule has 0 atom stereocenters. The highest BCUT2D eigenvalue weighted by Gasteiger charge is 2.27. The van der Waals surface area contributed by atoms with Gasteiger partial charge in [0.2, 0.25) is 10.0 Å². The van der Waals surface area contributed by atoms with E-state index in [0.717, 1.165) is 16.2 Å². The van der Waals surface area contributed by atoms with Gasteiger partial charge in [0, 0.05) is 18.0 Å². The van der Waals surface area contributed by atoms with E-state index in [1.54, 1.807) is 13.1 Å². The molecule has 0 aliphatic carbocycles. The van der Waals surface area contributed by atoms with Crippen molar-refractivity contribution in [2.75, 3.05) is 13.6 Å². The van der Waals surface area contributed by atoms with Crippen molar-refractivity contribution in [3.63, 3.8) is 0 Å². The molecule has 1 aromatic heterocycles. The number of sulfonamides is 1. The SMILES string of the molecule is CNCc1ccc(S(=O)(=O)NCCC(F)(F)F)s1. The minimum atomic E-state index is -4.37.